The molecule has 0 spiro atoms. The van der Waals surface area contributed by atoms with Gasteiger partial charge in [0.1, 0.15) is 12.4 Å². The maximum Gasteiger partial charge on any atom is 0.349 e. The summed E-state index contributed by atoms with van der Waals surface area (Å²) in [7, 11) is 0. The van der Waals surface area contributed by atoms with Gasteiger partial charge in [-0.05, 0) is 75.0 Å². The van der Waals surface area contributed by atoms with Crippen molar-refractivity contribution in [3.8, 4) is 5.75 Å². The molecule has 0 fully saturated rings. The van der Waals surface area contributed by atoms with Crippen LogP contribution in [0.25, 0.3) is 10.9 Å². The highest BCUT2D eigenvalue weighted by atomic mass is 127. The maximum absolute atomic E-state index is 12.5. The Hall–Kier alpha value is -1.95. The van der Waals surface area contributed by atoms with Crippen molar-refractivity contribution in [2.24, 2.45) is 5.10 Å². The summed E-state index contributed by atoms with van der Waals surface area (Å²) < 4.78 is 8.26. The summed E-state index contributed by atoms with van der Waals surface area (Å²) in [5.74, 6) is 0.768. The lowest BCUT2D eigenvalue weighted by Crippen LogP contribution is -2.32. The van der Waals surface area contributed by atoms with E-state index in [1.54, 1.807) is 30.3 Å². The Kier molecular flexibility index (Phi) is 5.91. The number of aromatic nitrogens is 2. The molecule has 0 saturated carbocycles. The minimum atomic E-state index is -0.583. The van der Waals surface area contributed by atoms with Crippen LogP contribution in [0, 0.1) is 7.14 Å². The molecule has 6 nitrogen and oxygen atoms in total. The van der Waals surface area contributed by atoms with Gasteiger partial charge in [0, 0.05) is 0 Å². The molecule has 1 N–H and O–H groups in total. The van der Waals surface area contributed by atoms with E-state index in [1.807, 2.05) is 12.1 Å². The van der Waals surface area contributed by atoms with Gasteiger partial charge in [0.25, 0.3) is 5.56 Å². The van der Waals surface area contributed by atoms with Gasteiger partial charge in [0.15, 0.2) is 0 Å². The molecule has 132 valence electrons. The molecule has 0 amide bonds. The van der Waals surface area contributed by atoms with E-state index in [4.69, 9.17) is 4.74 Å². The van der Waals surface area contributed by atoms with Crippen LogP contribution in [0.5, 0.6) is 5.75 Å². The van der Waals surface area contributed by atoms with Gasteiger partial charge in [-0.2, -0.15) is 5.10 Å². The number of para-hydroxylation sites is 1. The van der Waals surface area contributed by atoms with Crippen LogP contribution >= 0.6 is 45.2 Å². The van der Waals surface area contributed by atoms with Crippen molar-refractivity contribution in [3.05, 3.63) is 82.6 Å². The number of fused-ring (bicyclic) bond motifs is 1. The fourth-order valence-corrected chi connectivity index (χ4v) is 4.44. The summed E-state index contributed by atoms with van der Waals surface area (Å²) in [4.78, 5) is 27.3. The zero-order valence-corrected chi connectivity index (χ0v) is 17.7. The first-order valence-corrected chi connectivity index (χ1v) is 9.68. The van der Waals surface area contributed by atoms with E-state index >= 15 is 0 Å². The van der Waals surface area contributed by atoms with Crippen molar-refractivity contribution in [2.75, 3.05) is 6.61 Å². The molecule has 1 heterocycles. The maximum atomic E-state index is 12.5. The lowest BCUT2D eigenvalue weighted by molar-refractivity contribution is 0.358. The van der Waals surface area contributed by atoms with Crippen molar-refractivity contribution in [1.29, 1.82) is 0 Å². The summed E-state index contributed by atoms with van der Waals surface area (Å²) in [6.07, 6.45) is 3.16. The molecule has 0 saturated heterocycles. The summed E-state index contributed by atoms with van der Waals surface area (Å²) in [5, 5.41) is 4.48. The van der Waals surface area contributed by atoms with Crippen molar-refractivity contribution >= 4 is 62.3 Å². The minimum absolute atomic E-state index is 0.404. The molecule has 3 aromatic rings. The topological polar surface area (TPSA) is 76.5 Å². The van der Waals surface area contributed by atoms with E-state index < -0.39 is 11.2 Å². The van der Waals surface area contributed by atoms with Crippen LogP contribution in [0.2, 0.25) is 0 Å². The Morgan fingerprint density at radius 2 is 1.88 bits per heavy atom. The number of rotatable bonds is 5. The van der Waals surface area contributed by atoms with E-state index in [0.29, 0.717) is 17.5 Å². The number of benzene rings is 2. The molecule has 2 aromatic carbocycles. The molecule has 0 aliphatic carbocycles. The van der Waals surface area contributed by atoms with E-state index in [2.05, 4.69) is 61.8 Å². The third-order valence-corrected chi connectivity index (χ3v) is 5.07. The quantitative estimate of drug-likeness (QED) is 0.289. The first-order valence-electron chi connectivity index (χ1n) is 7.52. The largest absolute Gasteiger partial charge is 0.487 e. The number of hydrogen-bond donors (Lipinski definition) is 1. The van der Waals surface area contributed by atoms with Crippen molar-refractivity contribution in [3.63, 3.8) is 0 Å². The van der Waals surface area contributed by atoms with Gasteiger partial charge in [-0.3, -0.25) is 4.79 Å². The van der Waals surface area contributed by atoms with Gasteiger partial charge < -0.3 is 9.72 Å². The smallest absolute Gasteiger partial charge is 0.349 e. The average Bonchev–Trinajstić information content (AvgIpc) is 2.61. The molecular formula is C18H13I2N3O3. The molecule has 0 radical (unpaired) electrons. The zero-order chi connectivity index (χ0) is 18.7. The Labute approximate surface area is 175 Å². The van der Waals surface area contributed by atoms with E-state index in [-0.39, 0.29) is 0 Å². The van der Waals surface area contributed by atoms with Gasteiger partial charge >= 0.3 is 5.69 Å². The van der Waals surface area contributed by atoms with Gasteiger partial charge in [0.2, 0.25) is 0 Å². The Morgan fingerprint density at radius 3 is 2.58 bits per heavy atom. The van der Waals surface area contributed by atoms with Crippen LogP contribution < -0.4 is 16.0 Å². The summed E-state index contributed by atoms with van der Waals surface area (Å²) in [6.45, 7) is 4.06. The van der Waals surface area contributed by atoms with E-state index in [0.717, 1.165) is 23.1 Å². The first kappa shape index (κ1) is 18.8. The Morgan fingerprint density at radius 1 is 1.19 bits per heavy atom. The monoisotopic (exact) mass is 573 g/mol. The van der Waals surface area contributed by atoms with Crippen LogP contribution in [0.1, 0.15) is 5.56 Å². The lowest BCUT2D eigenvalue weighted by Gasteiger charge is -2.09. The highest BCUT2D eigenvalue weighted by Crippen LogP contribution is 2.28. The molecule has 0 aliphatic heterocycles. The third-order valence-electron chi connectivity index (χ3n) is 3.47. The molecule has 3 rings (SSSR count). The molecular weight excluding hydrogens is 560 g/mol. The Balaban J connectivity index is 2.01. The number of ether oxygens (including phenoxy) is 1. The van der Waals surface area contributed by atoms with Crippen LogP contribution in [0.15, 0.2) is 63.7 Å². The summed E-state index contributed by atoms with van der Waals surface area (Å²) in [6, 6.07) is 10.6. The second kappa shape index (κ2) is 8.16. The fourth-order valence-electron chi connectivity index (χ4n) is 2.32. The summed E-state index contributed by atoms with van der Waals surface area (Å²) in [5.41, 5.74) is 0.196. The van der Waals surface area contributed by atoms with Crippen LogP contribution in [-0.2, 0) is 0 Å². The highest BCUT2D eigenvalue weighted by molar-refractivity contribution is 14.1. The molecule has 0 aliphatic rings. The average molecular weight is 573 g/mol. The molecule has 1 aromatic heterocycles. The molecule has 8 heteroatoms. The summed E-state index contributed by atoms with van der Waals surface area (Å²) >= 11 is 4.34. The fraction of sp³-hybridized carbons (Fsp3) is 0.0556. The van der Waals surface area contributed by atoms with Gasteiger partial charge in [-0.15, -0.1) is 4.68 Å². The van der Waals surface area contributed by atoms with E-state index in [9.17, 15) is 9.59 Å². The normalized spacial score (nSPS) is 11.2. The first-order chi connectivity index (χ1) is 12.5. The second-order valence-corrected chi connectivity index (χ2v) is 7.57. The van der Waals surface area contributed by atoms with Crippen LogP contribution in [0.3, 0.4) is 0 Å². The predicted molar refractivity (Wildman–Crippen MR) is 119 cm³/mol. The van der Waals surface area contributed by atoms with Crippen LogP contribution in [0.4, 0.5) is 0 Å². The predicted octanol–water partition coefficient (Wildman–Crippen LogP) is 3.35. The minimum Gasteiger partial charge on any atom is -0.487 e. The number of nitrogens with zero attached hydrogens (tertiary/aromatic N) is 2. The van der Waals surface area contributed by atoms with Crippen molar-refractivity contribution < 1.29 is 4.74 Å². The number of hydrogen-bond acceptors (Lipinski definition) is 4. The lowest BCUT2D eigenvalue weighted by atomic mass is 10.2. The zero-order valence-electron chi connectivity index (χ0n) is 13.4. The number of halogens is 2. The third kappa shape index (κ3) is 3.90. The Bertz CT molecular complexity index is 1110. The molecule has 26 heavy (non-hydrogen) atoms. The standard InChI is InChI=1S/C18H13I2N3O3/c1-2-7-26-16-13(19)8-11(9-14(16)20)10-21-23-17(24)12-5-3-4-6-15(12)22-18(23)25/h2-6,8-10H,1,7H2,(H,22,25). The van der Waals surface area contributed by atoms with Gasteiger partial charge in [-0.1, -0.05) is 24.8 Å². The van der Waals surface area contributed by atoms with Crippen molar-refractivity contribution in [1.82, 2.24) is 9.66 Å². The number of nitrogens with one attached hydrogen (secondary N) is 1. The van der Waals surface area contributed by atoms with E-state index in [1.165, 1.54) is 6.21 Å². The van der Waals surface area contributed by atoms with Gasteiger partial charge in [-0.25, -0.2) is 4.79 Å². The second-order valence-electron chi connectivity index (χ2n) is 5.25. The molecule has 0 unspecified atom stereocenters. The molecule has 0 bridgehead atoms. The number of aromatic amines is 1. The SMILES string of the molecule is C=CCOc1c(I)cc(C=Nn2c(=O)[nH]c3ccccc3c2=O)cc1I. The van der Waals surface area contributed by atoms with Crippen LogP contribution in [-0.4, -0.2) is 22.5 Å². The number of H-pyrrole nitrogens is 1. The molecule has 0 atom stereocenters. The van der Waals surface area contributed by atoms with Gasteiger partial charge in [0.05, 0.1) is 24.3 Å². The van der Waals surface area contributed by atoms with Crippen molar-refractivity contribution in [2.45, 2.75) is 0 Å². The highest BCUT2D eigenvalue weighted by Gasteiger charge is 2.09.